The molecule has 0 atom stereocenters. The molecule has 0 radical (unpaired) electrons. The summed E-state index contributed by atoms with van der Waals surface area (Å²) in [6.45, 7) is -2.60. The quantitative estimate of drug-likeness (QED) is 0.472. The van der Waals surface area contributed by atoms with Crippen molar-refractivity contribution in [1.29, 1.82) is 0 Å². The van der Waals surface area contributed by atoms with E-state index in [1.807, 2.05) is 0 Å². The van der Waals surface area contributed by atoms with Crippen LogP contribution in [-0.4, -0.2) is 59.9 Å². The van der Waals surface area contributed by atoms with Gasteiger partial charge in [0.05, 0.1) is 0 Å². The summed E-state index contributed by atoms with van der Waals surface area (Å²) in [7, 11) is 0. The molecule has 0 aliphatic carbocycles. The largest absolute Gasteiger partial charge is 0.393 e. The van der Waals surface area contributed by atoms with E-state index in [4.69, 9.17) is 0 Å². The normalized spacial score (nSPS) is 27.3. The third-order valence-corrected chi connectivity index (χ3v) is 3.31. The molecule has 0 amide bonds. The van der Waals surface area contributed by atoms with Crippen molar-refractivity contribution < 1.29 is 66.2 Å². The van der Waals surface area contributed by atoms with Gasteiger partial charge in [-0.2, -0.15) is 61.5 Å². The lowest BCUT2D eigenvalue weighted by molar-refractivity contribution is -0.547. The molecule has 1 rings (SSSR count). The molecule has 0 N–H and O–H groups in total. The van der Waals surface area contributed by atoms with E-state index in [0.717, 1.165) is 6.92 Å². The van der Waals surface area contributed by atoms with Gasteiger partial charge < -0.3 is 4.74 Å². The van der Waals surface area contributed by atoms with Gasteiger partial charge in [0.15, 0.2) is 0 Å². The summed E-state index contributed by atoms with van der Waals surface area (Å²) in [6.07, 6.45) is 0. The summed E-state index contributed by atoms with van der Waals surface area (Å²) < 4.78 is 189. The number of hydrogen-bond donors (Lipinski definition) is 0. The predicted molar refractivity (Wildman–Crippen MR) is 53.0 cm³/mol. The number of ether oxygens (including phenoxy) is 1. The molecule has 0 bridgehead atoms. The topological polar surface area (TPSA) is 12.5 Å². The third-order valence-electron chi connectivity index (χ3n) is 3.31. The zero-order valence-electron chi connectivity index (χ0n) is 12.1. The summed E-state index contributed by atoms with van der Waals surface area (Å²) in [5, 5.41) is 0. The monoisotopic (exact) mass is 423 g/mol. The van der Waals surface area contributed by atoms with Gasteiger partial charge in [-0.15, -0.1) is 4.90 Å². The minimum absolute atomic E-state index is 0.831. The first-order chi connectivity index (χ1) is 11.2. The Labute approximate surface area is 134 Å². The van der Waals surface area contributed by atoms with Crippen LogP contribution in [0.3, 0.4) is 0 Å². The highest BCUT2D eigenvalue weighted by atomic mass is 19.4. The molecule has 2 nitrogen and oxygen atoms in total. The van der Waals surface area contributed by atoms with Crippen molar-refractivity contribution in [3.05, 3.63) is 0 Å². The number of piperidine rings is 1. The predicted octanol–water partition coefficient (Wildman–Crippen LogP) is 4.66. The SMILES string of the molecule is CCOCC(F)(F)C(F)(F)N1C(F)(F)C(F)(F)C(F)(F)C(F)(F)C1(F)F. The van der Waals surface area contributed by atoms with Crippen molar-refractivity contribution in [2.45, 2.75) is 48.8 Å². The molecule has 0 unspecified atom stereocenters. The molecular weight excluding hydrogens is 416 g/mol. The van der Waals surface area contributed by atoms with E-state index >= 15 is 0 Å². The highest BCUT2D eigenvalue weighted by Crippen LogP contribution is 2.67. The lowest BCUT2D eigenvalue weighted by atomic mass is 9.92. The smallest absolute Gasteiger partial charge is 0.375 e. The number of alkyl halides is 14. The van der Waals surface area contributed by atoms with Gasteiger partial charge in [-0.3, -0.25) is 0 Å². The van der Waals surface area contributed by atoms with Crippen LogP contribution < -0.4 is 0 Å². The highest BCUT2D eigenvalue weighted by Gasteiger charge is 2.98. The minimum atomic E-state index is -7.57. The Morgan fingerprint density at radius 2 is 1.04 bits per heavy atom. The Morgan fingerprint density at radius 3 is 1.35 bits per heavy atom. The Balaban J connectivity index is 3.73. The zero-order valence-corrected chi connectivity index (χ0v) is 12.1. The van der Waals surface area contributed by atoms with Gasteiger partial charge in [0.25, 0.3) is 0 Å². The summed E-state index contributed by atoms with van der Waals surface area (Å²) in [5.74, 6) is -28.9. The number of halogens is 14. The van der Waals surface area contributed by atoms with Gasteiger partial charge in [0.1, 0.15) is 6.61 Å². The second-order valence-corrected chi connectivity index (χ2v) is 5.02. The van der Waals surface area contributed by atoms with Gasteiger partial charge in [0.2, 0.25) is 0 Å². The second kappa shape index (κ2) is 5.72. The Bertz CT molecular complexity index is 514. The van der Waals surface area contributed by atoms with Gasteiger partial charge in [0, 0.05) is 6.61 Å². The number of nitrogens with zero attached hydrogens (tertiary/aromatic N) is 1. The highest BCUT2D eigenvalue weighted by molar-refractivity contribution is 5.16. The first-order valence-corrected chi connectivity index (χ1v) is 6.20. The van der Waals surface area contributed by atoms with Crippen molar-refractivity contribution in [2.75, 3.05) is 13.2 Å². The van der Waals surface area contributed by atoms with E-state index in [1.165, 1.54) is 0 Å². The maximum atomic E-state index is 13.6. The van der Waals surface area contributed by atoms with E-state index in [-0.39, 0.29) is 0 Å². The van der Waals surface area contributed by atoms with Crippen LogP contribution in [0.25, 0.3) is 0 Å². The minimum Gasteiger partial charge on any atom is -0.375 e. The van der Waals surface area contributed by atoms with Gasteiger partial charge >= 0.3 is 41.8 Å². The van der Waals surface area contributed by atoms with E-state index in [2.05, 4.69) is 4.74 Å². The van der Waals surface area contributed by atoms with Crippen LogP contribution in [0, 0.1) is 0 Å². The Kier molecular flexibility index (Phi) is 5.05. The van der Waals surface area contributed by atoms with Crippen LogP contribution >= 0.6 is 0 Å². The average molecular weight is 423 g/mol. The number of hydrogen-bond acceptors (Lipinski definition) is 2. The van der Waals surface area contributed by atoms with E-state index in [9.17, 15) is 61.5 Å². The molecule has 0 aromatic heterocycles. The molecule has 26 heavy (non-hydrogen) atoms. The fourth-order valence-corrected chi connectivity index (χ4v) is 1.87. The van der Waals surface area contributed by atoms with E-state index < -0.39 is 59.9 Å². The van der Waals surface area contributed by atoms with Crippen molar-refractivity contribution in [3.8, 4) is 0 Å². The van der Waals surface area contributed by atoms with Crippen LogP contribution in [0.4, 0.5) is 61.5 Å². The third kappa shape index (κ3) is 2.46. The molecule has 1 fully saturated rings. The fraction of sp³-hybridized carbons (Fsp3) is 1.00. The summed E-state index contributed by atoms with van der Waals surface area (Å²) in [5.41, 5.74) is 0. The number of rotatable bonds is 5. The lowest BCUT2D eigenvalue weighted by Gasteiger charge is -2.53. The average Bonchev–Trinajstić information content (AvgIpc) is 2.42. The van der Waals surface area contributed by atoms with Gasteiger partial charge in [-0.05, 0) is 6.92 Å². The van der Waals surface area contributed by atoms with Crippen LogP contribution in [0.5, 0.6) is 0 Å². The van der Waals surface area contributed by atoms with Crippen molar-refractivity contribution in [3.63, 3.8) is 0 Å². The van der Waals surface area contributed by atoms with Crippen LogP contribution in [-0.2, 0) is 4.74 Å². The fourth-order valence-electron chi connectivity index (χ4n) is 1.87. The summed E-state index contributed by atoms with van der Waals surface area (Å²) in [4.78, 5) is -3.89. The van der Waals surface area contributed by atoms with Crippen LogP contribution in [0.2, 0.25) is 0 Å². The van der Waals surface area contributed by atoms with Crippen LogP contribution in [0.1, 0.15) is 6.92 Å². The van der Waals surface area contributed by atoms with Crippen molar-refractivity contribution in [2.24, 2.45) is 0 Å². The maximum absolute atomic E-state index is 13.6. The van der Waals surface area contributed by atoms with Gasteiger partial charge in [-0.1, -0.05) is 0 Å². The summed E-state index contributed by atoms with van der Waals surface area (Å²) in [6, 6.07) is -22.2. The molecule has 1 aliphatic heterocycles. The van der Waals surface area contributed by atoms with Crippen molar-refractivity contribution >= 4 is 0 Å². The molecule has 156 valence electrons. The lowest BCUT2D eigenvalue weighted by Crippen LogP contribution is -2.85. The van der Waals surface area contributed by atoms with E-state index in [1.54, 1.807) is 0 Å². The second-order valence-electron chi connectivity index (χ2n) is 5.02. The molecule has 1 aliphatic rings. The first-order valence-electron chi connectivity index (χ1n) is 6.20. The summed E-state index contributed by atoms with van der Waals surface area (Å²) >= 11 is 0. The van der Waals surface area contributed by atoms with Crippen LogP contribution in [0.15, 0.2) is 0 Å². The van der Waals surface area contributed by atoms with Crippen molar-refractivity contribution in [1.82, 2.24) is 4.90 Å². The first kappa shape index (κ1) is 23.0. The molecule has 1 saturated heterocycles. The van der Waals surface area contributed by atoms with E-state index in [0.29, 0.717) is 0 Å². The van der Waals surface area contributed by atoms with Gasteiger partial charge in [-0.25, -0.2) is 0 Å². The number of likely N-dealkylation sites (tertiary alicyclic amines) is 1. The molecule has 0 spiro atoms. The standard InChI is InChI=1S/C10H7F14NO/c1-2-26-3-4(11,12)8(19,20)25-9(21,22)6(15,16)5(13,14)7(17,18)10(25,23)24/h2-3H2,1H3. The molecule has 0 aromatic carbocycles. The molecule has 0 saturated carbocycles. The maximum Gasteiger partial charge on any atom is 0.393 e. The molecule has 0 aromatic rings. The molecule has 1 heterocycles. The molecule has 16 heteroatoms. The Morgan fingerprint density at radius 1 is 0.692 bits per heavy atom. The Hall–Kier alpha value is -1.06. The molecular formula is C10H7F14NO. The zero-order chi connectivity index (χ0) is 21.2.